The van der Waals surface area contributed by atoms with E-state index < -0.39 is 0 Å². The lowest BCUT2D eigenvalue weighted by Crippen LogP contribution is -2.33. The molecule has 19 heavy (non-hydrogen) atoms. The lowest BCUT2D eigenvalue weighted by molar-refractivity contribution is 0.299. The fourth-order valence-electron chi connectivity index (χ4n) is 2.66. The summed E-state index contributed by atoms with van der Waals surface area (Å²) in [6, 6.07) is 6.17. The lowest BCUT2D eigenvalue weighted by Gasteiger charge is -2.29. The van der Waals surface area contributed by atoms with E-state index in [4.69, 9.17) is 5.73 Å². The lowest BCUT2D eigenvalue weighted by atomic mass is 9.84. The van der Waals surface area contributed by atoms with Gasteiger partial charge < -0.3 is 21.0 Å². The third kappa shape index (κ3) is 2.72. The number of benzene rings is 1. The maximum atomic E-state index is 11.3. The number of H-pyrrole nitrogens is 2. The summed E-state index contributed by atoms with van der Waals surface area (Å²) in [5.41, 5.74) is 8.54. The molecular weight excluding hydrogens is 240 g/mol. The molecule has 2 aromatic rings. The summed E-state index contributed by atoms with van der Waals surface area (Å²) in [5, 5.41) is 3.34. The number of imidazole rings is 1. The highest BCUT2D eigenvalue weighted by Crippen LogP contribution is 2.28. The van der Waals surface area contributed by atoms with E-state index in [9.17, 15) is 4.79 Å². The van der Waals surface area contributed by atoms with Crippen LogP contribution in [-0.4, -0.2) is 23.6 Å². The highest BCUT2D eigenvalue weighted by molar-refractivity contribution is 5.75. The maximum absolute atomic E-state index is 11.3. The Morgan fingerprint density at radius 2 is 1.95 bits per heavy atom. The van der Waals surface area contributed by atoms with E-state index in [1.807, 2.05) is 25.2 Å². The van der Waals surface area contributed by atoms with Crippen LogP contribution in [0, 0.1) is 11.8 Å². The molecule has 1 aromatic heterocycles. The summed E-state index contributed by atoms with van der Waals surface area (Å²) in [4.78, 5) is 16.8. The van der Waals surface area contributed by atoms with Gasteiger partial charge in [0.15, 0.2) is 0 Å². The number of rotatable bonds is 5. The number of nitrogens with one attached hydrogen (secondary N) is 3. The first-order valence-electron chi connectivity index (χ1n) is 6.66. The van der Waals surface area contributed by atoms with Crippen LogP contribution >= 0.6 is 0 Å². The second-order valence-electron chi connectivity index (χ2n) is 5.29. The van der Waals surface area contributed by atoms with Crippen LogP contribution in [0.5, 0.6) is 0 Å². The van der Waals surface area contributed by atoms with Gasteiger partial charge in [-0.2, -0.15) is 0 Å². The van der Waals surface area contributed by atoms with E-state index in [-0.39, 0.29) is 11.7 Å². The molecule has 0 bridgehead atoms. The Hall–Kier alpha value is -1.59. The van der Waals surface area contributed by atoms with E-state index in [0.29, 0.717) is 18.4 Å². The summed E-state index contributed by atoms with van der Waals surface area (Å²) < 4.78 is 0. The van der Waals surface area contributed by atoms with Gasteiger partial charge in [0.1, 0.15) is 0 Å². The van der Waals surface area contributed by atoms with Crippen LogP contribution in [0.2, 0.25) is 0 Å². The van der Waals surface area contributed by atoms with Crippen molar-refractivity contribution >= 4 is 11.0 Å². The van der Waals surface area contributed by atoms with Crippen molar-refractivity contribution in [1.82, 2.24) is 15.3 Å². The SMILES string of the molecule is CNC(c1ccc2[nH]c(=O)[nH]c2c1)C(CN)C(C)C. The number of nitrogens with two attached hydrogens (primary N) is 1. The van der Waals surface area contributed by atoms with Crippen molar-refractivity contribution in [2.75, 3.05) is 13.6 Å². The monoisotopic (exact) mass is 262 g/mol. The van der Waals surface area contributed by atoms with Crippen molar-refractivity contribution in [3.05, 3.63) is 34.2 Å². The van der Waals surface area contributed by atoms with E-state index in [1.54, 1.807) is 0 Å². The molecule has 104 valence electrons. The second kappa shape index (κ2) is 5.59. The molecule has 2 rings (SSSR count). The summed E-state index contributed by atoms with van der Waals surface area (Å²) in [7, 11) is 1.94. The average Bonchev–Trinajstić information content (AvgIpc) is 2.74. The van der Waals surface area contributed by atoms with Crippen LogP contribution in [-0.2, 0) is 0 Å². The molecule has 0 aliphatic carbocycles. The standard InChI is InChI=1S/C14H22N4O/c1-8(2)10(7-15)13(16-3)9-4-5-11-12(6-9)18-14(19)17-11/h4-6,8,10,13,16H,7,15H2,1-3H3,(H2,17,18,19). The van der Waals surface area contributed by atoms with Gasteiger partial charge in [0.05, 0.1) is 11.0 Å². The molecule has 5 heteroatoms. The number of hydrogen-bond acceptors (Lipinski definition) is 3. The summed E-state index contributed by atoms with van der Waals surface area (Å²) in [6.45, 7) is 4.99. The zero-order chi connectivity index (χ0) is 14.0. The molecule has 0 amide bonds. The fourth-order valence-corrected chi connectivity index (χ4v) is 2.66. The van der Waals surface area contributed by atoms with Crippen molar-refractivity contribution in [2.24, 2.45) is 17.6 Å². The van der Waals surface area contributed by atoms with Crippen LogP contribution in [0.4, 0.5) is 0 Å². The molecule has 0 aliphatic heterocycles. The number of hydrogen-bond donors (Lipinski definition) is 4. The minimum Gasteiger partial charge on any atom is -0.330 e. The third-order valence-electron chi connectivity index (χ3n) is 3.77. The Bertz CT molecular complexity index is 599. The molecule has 0 fully saturated rings. The summed E-state index contributed by atoms with van der Waals surface area (Å²) in [6.07, 6.45) is 0. The van der Waals surface area contributed by atoms with Gasteiger partial charge in [-0.15, -0.1) is 0 Å². The number of aromatic amines is 2. The van der Waals surface area contributed by atoms with Crippen molar-refractivity contribution in [2.45, 2.75) is 19.9 Å². The molecule has 0 radical (unpaired) electrons. The normalized spacial score (nSPS) is 15.0. The quantitative estimate of drug-likeness (QED) is 0.656. The van der Waals surface area contributed by atoms with E-state index in [0.717, 1.165) is 16.6 Å². The van der Waals surface area contributed by atoms with E-state index in [1.165, 1.54) is 0 Å². The molecule has 1 aromatic carbocycles. The molecule has 0 saturated carbocycles. The summed E-state index contributed by atoms with van der Waals surface area (Å²) in [5.74, 6) is 0.844. The molecule has 0 spiro atoms. The van der Waals surface area contributed by atoms with Gasteiger partial charge in [-0.3, -0.25) is 0 Å². The van der Waals surface area contributed by atoms with Gasteiger partial charge in [-0.05, 0) is 43.1 Å². The topological polar surface area (TPSA) is 86.7 Å². The van der Waals surface area contributed by atoms with E-state index in [2.05, 4.69) is 29.1 Å². The Balaban J connectivity index is 2.42. The fraction of sp³-hybridized carbons (Fsp3) is 0.500. The van der Waals surface area contributed by atoms with E-state index >= 15 is 0 Å². The Labute approximate surface area is 112 Å². The van der Waals surface area contributed by atoms with Gasteiger partial charge in [-0.25, -0.2) is 4.79 Å². The number of fused-ring (bicyclic) bond motifs is 1. The highest BCUT2D eigenvalue weighted by atomic mass is 16.1. The van der Waals surface area contributed by atoms with Gasteiger partial charge >= 0.3 is 5.69 Å². The van der Waals surface area contributed by atoms with Gasteiger partial charge in [0, 0.05) is 6.04 Å². The molecule has 5 nitrogen and oxygen atoms in total. The van der Waals surface area contributed by atoms with Crippen LogP contribution in [0.25, 0.3) is 11.0 Å². The van der Waals surface area contributed by atoms with Crippen LogP contribution in [0.3, 0.4) is 0 Å². The van der Waals surface area contributed by atoms with Crippen molar-refractivity contribution < 1.29 is 0 Å². The van der Waals surface area contributed by atoms with Crippen LogP contribution in [0.1, 0.15) is 25.5 Å². The molecular formula is C14H22N4O. The molecule has 1 heterocycles. The Morgan fingerprint density at radius 3 is 2.53 bits per heavy atom. The average molecular weight is 262 g/mol. The predicted octanol–water partition coefficient (Wildman–Crippen LogP) is 1.35. The van der Waals surface area contributed by atoms with Crippen molar-refractivity contribution in [3.8, 4) is 0 Å². The van der Waals surface area contributed by atoms with Crippen molar-refractivity contribution in [1.29, 1.82) is 0 Å². The first-order chi connectivity index (χ1) is 9.06. The third-order valence-corrected chi connectivity index (χ3v) is 3.77. The van der Waals surface area contributed by atoms with Crippen molar-refractivity contribution in [3.63, 3.8) is 0 Å². The number of aromatic nitrogens is 2. The highest BCUT2D eigenvalue weighted by Gasteiger charge is 2.23. The molecule has 2 atom stereocenters. The zero-order valence-corrected chi connectivity index (χ0v) is 11.7. The minimum atomic E-state index is -0.174. The first-order valence-corrected chi connectivity index (χ1v) is 6.66. The van der Waals surface area contributed by atoms with Gasteiger partial charge in [-0.1, -0.05) is 19.9 Å². The largest absolute Gasteiger partial charge is 0.330 e. The molecule has 0 aliphatic rings. The first kappa shape index (κ1) is 13.8. The zero-order valence-electron chi connectivity index (χ0n) is 11.7. The summed E-state index contributed by atoms with van der Waals surface area (Å²) >= 11 is 0. The van der Waals surface area contributed by atoms with Gasteiger partial charge in [0.2, 0.25) is 0 Å². The Kier molecular flexibility index (Phi) is 4.07. The van der Waals surface area contributed by atoms with Crippen LogP contribution in [0.15, 0.2) is 23.0 Å². The minimum absolute atomic E-state index is 0.174. The molecule has 5 N–H and O–H groups in total. The van der Waals surface area contributed by atoms with Crippen LogP contribution < -0.4 is 16.7 Å². The molecule has 2 unspecified atom stereocenters. The smallest absolute Gasteiger partial charge is 0.323 e. The second-order valence-corrected chi connectivity index (χ2v) is 5.29. The molecule has 0 saturated heterocycles. The van der Waals surface area contributed by atoms with Gasteiger partial charge in [0.25, 0.3) is 0 Å². The predicted molar refractivity (Wildman–Crippen MR) is 78.1 cm³/mol. The maximum Gasteiger partial charge on any atom is 0.323 e. The Morgan fingerprint density at radius 1 is 1.26 bits per heavy atom.